The Hall–Kier alpha value is -2.37. The van der Waals surface area contributed by atoms with Gasteiger partial charge in [0.05, 0.1) is 6.54 Å². The Kier molecular flexibility index (Phi) is 5.13. The van der Waals surface area contributed by atoms with Gasteiger partial charge in [-0.1, -0.05) is 36.4 Å². The maximum absolute atomic E-state index is 12.7. The van der Waals surface area contributed by atoms with Crippen molar-refractivity contribution in [3.8, 4) is 0 Å². The first kappa shape index (κ1) is 16.5. The zero-order valence-electron chi connectivity index (χ0n) is 13.9. The highest BCUT2D eigenvalue weighted by Crippen LogP contribution is 2.23. The van der Waals surface area contributed by atoms with E-state index in [0.717, 1.165) is 35.7 Å². The van der Waals surface area contributed by atoms with Crippen molar-refractivity contribution in [1.82, 2.24) is 15.3 Å². The minimum atomic E-state index is -0.491. The highest BCUT2D eigenvalue weighted by molar-refractivity contribution is 5.84. The molecule has 0 saturated carbocycles. The van der Waals surface area contributed by atoms with Crippen LogP contribution < -0.4 is 5.32 Å². The van der Waals surface area contributed by atoms with Crippen molar-refractivity contribution in [2.45, 2.75) is 19.0 Å². The van der Waals surface area contributed by atoms with Crippen LogP contribution in [0.1, 0.15) is 12.0 Å². The minimum Gasteiger partial charge on any atom is -0.366 e. The Morgan fingerprint density at radius 2 is 2.17 bits per heavy atom. The van der Waals surface area contributed by atoms with Gasteiger partial charge in [-0.3, -0.25) is 10.0 Å². The second kappa shape index (κ2) is 7.47. The van der Waals surface area contributed by atoms with E-state index in [-0.39, 0.29) is 12.5 Å². The lowest BCUT2D eigenvalue weighted by Gasteiger charge is -2.30. The lowest BCUT2D eigenvalue weighted by Crippen LogP contribution is -2.44. The molecule has 0 aromatic heterocycles. The average Bonchev–Trinajstić information content (AvgIpc) is 2.63. The summed E-state index contributed by atoms with van der Waals surface area (Å²) in [7, 11) is 1.85. The van der Waals surface area contributed by atoms with Crippen molar-refractivity contribution < 1.29 is 10.0 Å². The zero-order chi connectivity index (χ0) is 16.9. The number of hydrogen-bond donors (Lipinski definition) is 2. The molecule has 0 radical (unpaired) electrons. The molecule has 24 heavy (non-hydrogen) atoms. The molecule has 0 aliphatic carbocycles. The topological polar surface area (TPSA) is 55.8 Å². The largest absolute Gasteiger partial charge is 0.366 e. The first-order valence-corrected chi connectivity index (χ1v) is 8.21. The zero-order valence-corrected chi connectivity index (χ0v) is 13.9. The fourth-order valence-corrected chi connectivity index (χ4v) is 2.97. The number of carbonyl (C=O) groups excluding carboxylic acids is 1. The SMILES string of the molecule is CN1C=CC(C2=CCNCC2)=CC1C(=O)N(O)Cc1ccccc1. The molecule has 0 saturated heterocycles. The molecule has 126 valence electrons. The maximum Gasteiger partial charge on any atom is 0.272 e. The molecule has 1 unspecified atom stereocenters. The summed E-state index contributed by atoms with van der Waals surface area (Å²) >= 11 is 0. The van der Waals surface area contributed by atoms with Gasteiger partial charge in [0.2, 0.25) is 0 Å². The van der Waals surface area contributed by atoms with E-state index in [9.17, 15) is 10.0 Å². The summed E-state index contributed by atoms with van der Waals surface area (Å²) < 4.78 is 0. The van der Waals surface area contributed by atoms with E-state index in [1.54, 1.807) is 0 Å². The van der Waals surface area contributed by atoms with Gasteiger partial charge in [-0.05, 0) is 41.8 Å². The number of benzene rings is 1. The van der Waals surface area contributed by atoms with Gasteiger partial charge in [0.15, 0.2) is 0 Å². The van der Waals surface area contributed by atoms with E-state index in [1.165, 1.54) is 5.57 Å². The van der Waals surface area contributed by atoms with Crippen molar-refractivity contribution >= 4 is 5.91 Å². The van der Waals surface area contributed by atoms with Crippen molar-refractivity contribution in [2.75, 3.05) is 20.1 Å². The van der Waals surface area contributed by atoms with Crippen LogP contribution in [-0.2, 0) is 11.3 Å². The Morgan fingerprint density at radius 3 is 2.88 bits per heavy atom. The molecule has 1 atom stereocenters. The molecule has 5 nitrogen and oxygen atoms in total. The predicted octanol–water partition coefficient (Wildman–Crippen LogP) is 2.08. The van der Waals surface area contributed by atoms with E-state index in [4.69, 9.17) is 0 Å². The number of allylic oxidation sites excluding steroid dienone is 2. The summed E-state index contributed by atoms with van der Waals surface area (Å²) in [6, 6.07) is 8.99. The number of amides is 1. The predicted molar refractivity (Wildman–Crippen MR) is 93.1 cm³/mol. The molecule has 0 bridgehead atoms. The van der Waals surface area contributed by atoms with Gasteiger partial charge in [0.1, 0.15) is 6.04 Å². The van der Waals surface area contributed by atoms with Crippen LogP contribution in [0.5, 0.6) is 0 Å². The summed E-state index contributed by atoms with van der Waals surface area (Å²) in [5.41, 5.74) is 3.22. The van der Waals surface area contributed by atoms with Crippen LogP contribution in [0.3, 0.4) is 0 Å². The fraction of sp³-hybridized carbons (Fsp3) is 0.316. The summed E-state index contributed by atoms with van der Waals surface area (Å²) in [5, 5.41) is 14.3. The molecule has 1 aromatic carbocycles. The second-order valence-electron chi connectivity index (χ2n) is 6.11. The molecule has 2 heterocycles. The van der Waals surface area contributed by atoms with Crippen molar-refractivity contribution in [3.63, 3.8) is 0 Å². The Bertz CT molecular complexity index is 679. The monoisotopic (exact) mass is 325 g/mol. The number of carbonyl (C=O) groups is 1. The van der Waals surface area contributed by atoms with Gasteiger partial charge in [-0.25, -0.2) is 5.06 Å². The van der Waals surface area contributed by atoms with E-state index >= 15 is 0 Å². The molecular weight excluding hydrogens is 302 g/mol. The third kappa shape index (κ3) is 3.75. The Balaban J connectivity index is 1.73. The lowest BCUT2D eigenvalue weighted by molar-refractivity contribution is -0.171. The molecule has 5 heteroatoms. The molecule has 2 aliphatic heterocycles. The van der Waals surface area contributed by atoms with Gasteiger partial charge in [-0.15, -0.1) is 0 Å². The van der Waals surface area contributed by atoms with E-state index < -0.39 is 6.04 Å². The summed E-state index contributed by atoms with van der Waals surface area (Å²) in [6.45, 7) is 1.99. The minimum absolute atomic E-state index is 0.184. The molecule has 2 aliphatic rings. The first-order valence-electron chi connectivity index (χ1n) is 8.21. The number of nitrogens with one attached hydrogen (secondary N) is 1. The third-order valence-electron chi connectivity index (χ3n) is 4.38. The van der Waals surface area contributed by atoms with Gasteiger partial charge in [0.25, 0.3) is 5.91 Å². The van der Waals surface area contributed by atoms with Gasteiger partial charge in [0, 0.05) is 19.8 Å². The van der Waals surface area contributed by atoms with E-state index in [2.05, 4.69) is 11.4 Å². The second-order valence-corrected chi connectivity index (χ2v) is 6.11. The lowest BCUT2D eigenvalue weighted by atomic mass is 9.95. The van der Waals surface area contributed by atoms with E-state index in [0.29, 0.717) is 0 Å². The van der Waals surface area contributed by atoms with Crippen molar-refractivity contribution in [2.24, 2.45) is 0 Å². The molecule has 1 amide bonds. The van der Waals surface area contributed by atoms with Crippen LogP contribution in [0.2, 0.25) is 0 Å². The number of nitrogens with zero attached hydrogens (tertiary/aromatic N) is 2. The summed E-state index contributed by atoms with van der Waals surface area (Å²) in [5.74, 6) is -0.322. The molecular formula is C19H23N3O2. The standard InChI is InChI=1S/C19H23N3O2/c1-21-12-9-17(16-7-10-20-11-8-16)13-18(21)19(23)22(24)14-15-5-3-2-4-6-15/h2-7,9,12-13,18,20,24H,8,10-11,14H2,1H3. The van der Waals surface area contributed by atoms with Crippen LogP contribution in [0.15, 0.2) is 65.9 Å². The number of rotatable bonds is 4. The fourth-order valence-electron chi connectivity index (χ4n) is 2.97. The molecule has 1 aromatic rings. The summed E-state index contributed by atoms with van der Waals surface area (Å²) in [4.78, 5) is 14.5. The van der Waals surface area contributed by atoms with Crippen LogP contribution in [0, 0.1) is 0 Å². The van der Waals surface area contributed by atoms with Gasteiger partial charge < -0.3 is 10.2 Å². The van der Waals surface area contributed by atoms with Crippen LogP contribution in [-0.4, -0.2) is 47.3 Å². The molecule has 0 spiro atoms. The quantitative estimate of drug-likeness (QED) is 0.657. The molecule has 3 rings (SSSR count). The van der Waals surface area contributed by atoms with Crippen LogP contribution >= 0.6 is 0 Å². The number of hydroxylamine groups is 2. The van der Waals surface area contributed by atoms with E-state index in [1.807, 2.05) is 60.6 Å². The average molecular weight is 325 g/mol. The molecule has 0 fully saturated rings. The van der Waals surface area contributed by atoms with Gasteiger partial charge >= 0.3 is 0 Å². The van der Waals surface area contributed by atoms with Crippen LogP contribution in [0.25, 0.3) is 0 Å². The van der Waals surface area contributed by atoms with Gasteiger partial charge in [-0.2, -0.15) is 0 Å². The Labute approximate surface area is 142 Å². The number of hydrogen-bond acceptors (Lipinski definition) is 4. The number of likely N-dealkylation sites (N-methyl/N-ethyl adjacent to an activating group) is 1. The molecule has 2 N–H and O–H groups in total. The van der Waals surface area contributed by atoms with Crippen molar-refractivity contribution in [3.05, 3.63) is 71.5 Å². The third-order valence-corrected chi connectivity index (χ3v) is 4.38. The highest BCUT2D eigenvalue weighted by atomic mass is 16.5. The van der Waals surface area contributed by atoms with Crippen LogP contribution in [0.4, 0.5) is 0 Å². The summed E-state index contributed by atoms with van der Waals surface area (Å²) in [6.07, 6.45) is 8.98. The smallest absolute Gasteiger partial charge is 0.272 e. The van der Waals surface area contributed by atoms with Crippen molar-refractivity contribution in [1.29, 1.82) is 0 Å². The normalized spacial score (nSPS) is 20.4. The Morgan fingerprint density at radius 1 is 1.38 bits per heavy atom. The maximum atomic E-state index is 12.7. The highest BCUT2D eigenvalue weighted by Gasteiger charge is 2.27. The first-order chi connectivity index (χ1) is 11.6.